The molecule has 0 saturated carbocycles. The third kappa shape index (κ3) is 5.23. The topological polar surface area (TPSA) is 35.6 Å². The van der Waals surface area contributed by atoms with Crippen LogP contribution in [0.2, 0.25) is 0 Å². The highest BCUT2D eigenvalue weighted by Crippen LogP contribution is 2.39. The summed E-state index contributed by atoms with van der Waals surface area (Å²) in [5.74, 6) is 0.824. The zero-order valence-corrected chi connectivity index (χ0v) is 29.0. The normalized spacial score (nSPS) is 13.9. The van der Waals surface area contributed by atoms with E-state index in [2.05, 4.69) is 172 Å². The van der Waals surface area contributed by atoms with Crippen molar-refractivity contribution in [3.05, 3.63) is 200 Å². The molecular formula is C49H34N4. The van der Waals surface area contributed by atoms with Gasteiger partial charge in [-0.15, -0.1) is 0 Å². The van der Waals surface area contributed by atoms with Crippen molar-refractivity contribution >= 4 is 38.4 Å². The fraction of sp³-hybridized carbons (Fsp3) is 0.0204. The fourth-order valence-corrected chi connectivity index (χ4v) is 7.86. The van der Waals surface area contributed by atoms with Crippen molar-refractivity contribution in [1.82, 2.24) is 19.1 Å². The van der Waals surface area contributed by atoms with Crippen molar-refractivity contribution in [2.75, 3.05) is 0 Å². The SMILES string of the molecule is C=C1/C=C\C=C/Cc2ccccc2-c2cc(-c3ccc4c(c3)c3ccccc3n4-c3ccc(-n4c(-c5ccccn5)nc5ccccc54)cc3)ccc21. The van der Waals surface area contributed by atoms with Crippen molar-refractivity contribution in [2.24, 2.45) is 0 Å². The Morgan fingerprint density at radius 3 is 2.11 bits per heavy atom. The second kappa shape index (κ2) is 12.6. The zero-order chi connectivity index (χ0) is 35.3. The highest BCUT2D eigenvalue weighted by molar-refractivity contribution is 6.10. The lowest BCUT2D eigenvalue weighted by molar-refractivity contribution is 1.07. The summed E-state index contributed by atoms with van der Waals surface area (Å²) in [5.41, 5.74) is 15.6. The Kier molecular flexibility index (Phi) is 7.33. The number of fused-ring (bicyclic) bond motifs is 7. The third-order valence-corrected chi connectivity index (χ3v) is 10.4. The quantitative estimate of drug-likeness (QED) is 0.186. The van der Waals surface area contributed by atoms with E-state index < -0.39 is 0 Å². The molecule has 0 spiro atoms. The van der Waals surface area contributed by atoms with Crippen LogP contribution < -0.4 is 0 Å². The molecule has 0 radical (unpaired) electrons. The number of benzene rings is 6. The summed E-state index contributed by atoms with van der Waals surface area (Å²) < 4.78 is 4.57. The molecule has 6 aromatic carbocycles. The van der Waals surface area contributed by atoms with Gasteiger partial charge in [-0.1, -0.05) is 110 Å². The smallest absolute Gasteiger partial charge is 0.164 e. The van der Waals surface area contributed by atoms with Crippen LogP contribution in [0, 0.1) is 0 Å². The lowest BCUT2D eigenvalue weighted by Gasteiger charge is -2.16. The first-order chi connectivity index (χ1) is 26.2. The Hall–Kier alpha value is -7.04. The van der Waals surface area contributed by atoms with Crippen LogP contribution in [0.25, 0.3) is 83.6 Å². The Morgan fingerprint density at radius 1 is 0.528 bits per heavy atom. The predicted octanol–water partition coefficient (Wildman–Crippen LogP) is 12.2. The van der Waals surface area contributed by atoms with E-state index in [0.717, 1.165) is 51.5 Å². The summed E-state index contributed by atoms with van der Waals surface area (Å²) in [6.45, 7) is 4.43. The second-order valence-corrected chi connectivity index (χ2v) is 13.5. The number of allylic oxidation sites excluding steroid dienone is 5. The highest BCUT2D eigenvalue weighted by Gasteiger charge is 2.18. The molecule has 3 aromatic heterocycles. The first-order valence-electron chi connectivity index (χ1n) is 18.0. The van der Waals surface area contributed by atoms with Crippen molar-refractivity contribution < 1.29 is 0 Å². The van der Waals surface area contributed by atoms with Crippen LogP contribution in [0.4, 0.5) is 0 Å². The van der Waals surface area contributed by atoms with Gasteiger partial charge in [-0.3, -0.25) is 9.55 Å². The molecule has 0 aliphatic heterocycles. The minimum atomic E-state index is 0.824. The number of aromatic nitrogens is 4. The molecule has 250 valence electrons. The minimum absolute atomic E-state index is 0.824. The van der Waals surface area contributed by atoms with Crippen molar-refractivity contribution in [2.45, 2.75) is 6.42 Å². The largest absolute Gasteiger partial charge is 0.309 e. The lowest BCUT2D eigenvalue weighted by atomic mass is 9.88. The number of rotatable bonds is 4. The van der Waals surface area contributed by atoms with E-state index in [1.807, 2.05) is 30.5 Å². The van der Waals surface area contributed by atoms with Crippen LogP contribution in [0.15, 0.2) is 189 Å². The molecule has 0 atom stereocenters. The van der Waals surface area contributed by atoms with Crippen LogP contribution >= 0.6 is 0 Å². The number of para-hydroxylation sites is 3. The number of nitrogens with zero attached hydrogens (tertiary/aromatic N) is 4. The maximum absolute atomic E-state index is 4.99. The van der Waals surface area contributed by atoms with Gasteiger partial charge in [-0.2, -0.15) is 0 Å². The average molecular weight is 679 g/mol. The van der Waals surface area contributed by atoms with E-state index in [4.69, 9.17) is 4.98 Å². The minimum Gasteiger partial charge on any atom is -0.309 e. The number of hydrogen-bond acceptors (Lipinski definition) is 2. The third-order valence-electron chi connectivity index (χ3n) is 10.4. The summed E-state index contributed by atoms with van der Waals surface area (Å²) in [4.78, 5) is 9.63. The van der Waals surface area contributed by atoms with E-state index in [-0.39, 0.29) is 0 Å². The lowest BCUT2D eigenvalue weighted by Crippen LogP contribution is -2.00. The Balaban J connectivity index is 1.09. The van der Waals surface area contributed by atoms with E-state index >= 15 is 0 Å². The molecule has 4 nitrogen and oxygen atoms in total. The molecule has 0 saturated heterocycles. The van der Waals surface area contributed by atoms with Crippen LogP contribution in [0.3, 0.4) is 0 Å². The summed E-state index contributed by atoms with van der Waals surface area (Å²) in [7, 11) is 0. The Labute approximate surface area is 308 Å². The first-order valence-corrected chi connectivity index (χ1v) is 18.0. The van der Waals surface area contributed by atoms with Crippen LogP contribution in [0.5, 0.6) is 0 Å². The first kappa shape index (κ1) is 30.8. The van der Waals surface area contributed by atoms with Crippen LogP contribution in [-0.2, 0) is 6.42 Å². The zero-order valence-electron chi connectivity index (χ0n) is 29.0. The number of pyridine rings is 1. The van der Waals surface area contributed by atoms with Gasteiger partial charge in [0.05, 0.1) is 22.1 Å². The summed E-state index contributed by atoms with van der Waals surface area (Å²) in [5, 5.41) is 2.44. The maximum Gasteiger partial charge on any atom is 0.164 e. The van der Waals surface area contributed by atoms with Crippen molar-refractivity contribution in [1.29, 1.82) is 0 Å². The van der Waals surface area contributed by atoms with Gasteiger partial charge in [-0.25, -0.2) is 4.98 Å². The van der Waals surface area contributed by atoms with Gasteiger partial charge in [0.25, 0.3) is 0 Å². The van der Waals surface area contributed by atoms with Crippen LogP contribution in [-0.4, -0.2) is 19.1 Å². The molecule has 9 aromatic rings. The summed E-state index contributed by atoms with van der Waals surface area (Å²) in [6, 6.07) is 54.1. The molecule has 0 bridgehead atoms. The molecule has 0 unspecified atom stereocenters. The monoisotopic (exact) mass is 678 g/mol. The molecule has 0 amide bonds. The van der Waals surface area contributed by atoms with E-state index in [1.165, 1.54) is 49.6 Å². The molecular weight excluding hydrogens is 645 g/mol. The van der Waals surface area contributed by atoms with Crippen molar-refractivity contribution in [3.8, 4) is 45.1 Å². The summed E-state index contributed by atoms with van der Waals surface area (Å²) in [6.07, 6.45) is 11.2. The molecule has 10 rings (SSSR count). The second-order valence-electron chi connectivity index (χ2n) is 13.5. The maximum atomic E-state index is 4.99. The van der Waals surface area contributed by atoms with E-state index in [9.17, 15) is 0 Å². The fourth-order valence-electron chi connectivity index (χ4n) is 7.86. The van der Waals surface area contributed by atoms with Gasteiger partial charge in [0.15, 0.2) is 5.82 Å². The molecule has 1 aliphatic rings. The summed E-state index contributed by atoms with van der Waals surface area (Å²) >= 11 is 0. The van der Waals surface area contributed by atoms with Gasteiger partial charge in [-0.05, 0) is 118 Å². The molecule has 4 heteroatoms. The standard InChI is InChI=1S/C49H34N4/c1-33-13-3-2-4-14-34-15-5-6-16-40(34)42-31-35(22-28-39(33)42)36-23-29-47-43(32-36)41-17-7-9-20-46(41)52(47)37-24-26-38(27-25-37)53-48-21-10-8-18-44(48)51-49(53)45-19-11-12-30-50-45/h2-13,15-32H,1,14H2/b4-2-,13-3-. The predicted molar refractivity (Wildman–Crippen MR) is 221 cm³/mol. The number of hydrogen-bond donors (Lipinski definition) is 0. The Morgan fingerprint density at radius 2 is 1.25 bits per heavy atom. The molecule has 53 heavy (non-hydrogen) atoms. The molecule has 1 aliphatic carbocycles. The van der Waals surface area contributed by atoms with Gasteiger partial charge < -0.3 is 4.57 Å². The van der Waals surface area contributed by atoms with E-state index in [1.54, 1.807) is 0 Å². The molecule has 0 fully saturated rings. The van der Waals surface area contributed by atoms with Gasteiger partial charge in [0.2, 0.25) is 0 Å². The highest BCUT2D eigenvalue weighted by atomic mass is 15.1. The van der Waals surface area contributed by atoms with Gasteiger partial charge in [0.1, 0.15) is 5.69 Å². The van der Waals surface area contributed by atoms with Crippen LogP contribution in [0.1, 0.15) is 11.1 Å². The van der Waals surface area contributed by atoms with Gasteiger partial charge in [0, 0.05) is 28.3 Å². The molecule has 0 N–H and O–H groups in total. The Bertz CT molecular complexity index is 2920. The average Bonchev–Trinajstić information content (AvgIpc) is 3.77. The van der Waals surface area contributed by atoms with E-state index in [0.29, 0.717) is 0 Å². The van der Waals surface area contributed by atoms with Gasteiger partial charge >= 0.3 is 0 Å². The number of imidazole rings is 1. The molecule has 3 heterocycles. The van der Waals surface area contributed by atoms with Crippen molar-refractivity contribution in [3.63, 3.8) is 0 Å².